The van der Waals surface area contributed by atoms with Gasteiger partial charge in [0.1, 0.15) is 30.5 Å². The van der Waals surface area contributed by atoms with Crippen LogP contribution in [0.3, 0.4) is 0 Å². The summed E-state index contributed by atoms with van der Waals surface area (Å²) in [5.74, 6) is -1.06. The fourth-order valence-electron chi connectivity index (χ4n) is 3.75. The number of nitrogens with two attached hydrogens (primary N) is 1. The average molecular weight is 715 g/mol. The first-order valence-corrected chi connectivity index (χ1v) is 13.1. The van der Waals surface area contributed by atoms with Gasteiger partial charge in [0.05, 0.1) is 35.7 Å². The van der Waals surface area contributed by atoms with Crippen molar-refractivity contribution in [1.29, 1.82) is 10.5 Å². The Bertz CT molecular complexity index is 1450. The van der Waals surface area contributed by atoms with Crippen LogP contribution in [0.2, 0.25) is 0 Å². The monoisotopic (exact) mass is 715 g/mol. The summed E-state index contributed by atoms with van der Waals surface area (Å²) in [5, 5.41) is 34.9. The first-order valence-electron chi connectivity index (χ1n) is 11.0. The number of aromatic carboxylic acids is 1. The molecule has 8 nitrogen and oxygen atoms in total. The Morgan fingerprint density at radius 2 is 1.76 bits per heavy atom. The molecular formula is C27H19I2N5O3. The van der Waals surface area contributed by atoms with Crippen molar-refractivity contribution in [2.45, 2.75) is 12.8 Å². The lowest BCUT2D eigenvalue weighted by atomic mass is 9.95. The largest absolute Gasteiger partial charge is 0.487 e. The number of nitriles is 2. The third kappa shape index (κ3) is 5.93. The van der Waals surface area contributed by atoms with Crippen LogP contribution in [0.5, 0.6) is 5.75 Å². The van der Waals surface area contributed by atoms with Crippen LogP contribution in [-0.2, 0) is 6.61 Å². The van der Waals surface area contributed by atoms with Crippen LogP contribution in [0.15, 0.2) is 77.4 Å². The van der Waals surface area contributed by atoms with E-state index in [9.17, 15) is 15.3 Å². The summed E-state index contributed by atoms with van der Waals surface area (Å²) in [6.07, 6.45) is 0.989. The van der Waals surface area contributed by atoms with Crippen LogP contribution < -0.4 is 15.5 Å². The van der Waals surface area contributed by atoms with E-state index in [-0.39, 0.29) is 17.7 Å². The highest BCUT2D eigenvalue weighted by Crippen LogP contribution is 2.32. The number of halogens is 2. The lowest BCUT2D eigenvalue weighted by Crippen LogP contribution is -2.40. The highest BCUT2D eigenvalue weighted by atomic mass is 127. The van der Waals surface area contributed by atoms with E-state index >= 15 is 0 Å². The van der Waals surface area contributed by atoms with Gasteiger partial charge < -0.3 is 15.6 Å². The van der Waals surface area contributed by atoms with Gasteiger partial charge in [-0.15, -0.1) is 0 Å². The summed E-state index contributed by atoms with van der Waals surface area (Å²) >= 11 is 4.34. The number of para-hydroxylation sites is 1. The number of carboxylic acids is 1. The molecule has 0 unspecified atom stereocenters. The van der Waals surface area contributed by atoms with Crippen molar-refractivity contribution in [3.63, 3.8) is 0 Å². The molecule has 0 aromatic heterocycles. The van der Waals surface area contributed by atoms with E-state index in [1.54, 1.807) is 35.4 Å². The summed E-state index contributed by atoms with van der Waals surface area (Å²) in [6.45, 7) is 0.276. The molecule has 0 radical (unpaired) electrons. The molecule has 4 rings (SSSR count). The molecule has 1 aliphatic rings. The maximum atomic E-state index is 11.0. The van der Waals surface area contributed by atoms with Crippen molar-refractivity contribution in [2.75, 3.05) is 5.01 Å². The zero-order valence-corrected chi connectivity index (χ0v) is 23.5. The van der Waals surface area contributed by atoms with Crippen LogP contribution in [0.4, 0.5) is 5.69 Å². The van der Waals surface area contributed by atoms with Gasteiger partial charge in [-0.2, -0.15) is 15.6 Å². The normalized spacial score (nSPS) is 17.1. The van der Waals surface area contributed by atoms with E-state index in [1.807, 2.05) is 42.5 Å². The number of carboxylic acid groups (broad SMARTS) is 1. The average Bonchev–Trinajstić information content (AvgIpc) is 3.23. The number of hydrogen-bond acceptors (Lipinski definition) is 7. The third-order valence-corrected chi connectivity index (χ3v) is 7.21. The second kappa shape index (κ2) is 11.7. The lowest BCUT2D eigenvalue weighted by molar-refractivity contribution is 0.0697. The molecule has 0 amide bonds. The molecule has 0 saturated carbocycles. The van der Waals surface area contributed by atoms with E-state index in [4.69, 9.17) is 15.6 Å². The minimum Gasteiger partial charge on any atom is -0.487 e. The van der Waals surface area contributed by atoms with Gasteiger partial charge in [0.2, 0.25) is 0 Å². The lowest BCUT2D eigenvalue weighted by Gasteiger charge is -2.21. The summed E-state index contributed by atoms with van der Waals surface area (Å²) in [5.41, 5.74) is 9.47. The molecule has 0 bridgehead atoms. The highest BCUT2D eigenvalue weighted by Gasteiger charge is 2.37. The van der Waals surface area contributed by atoms with Crippen LogP contribution in [0, 0.1) is 35.7 Å². The summed E-state index contributed by atoms with van der Waals surface area (Å²) in [6, 6.07) is 24.0. The number of ether oxygens (including phenoxy) is 1. The van der Waals surface area contributed by atoms with Crippen molar-refractivity contribution in [2.24, 2.45) is 16.8 Å². The minimum atomic E-state index is -0.976. The Kier molecular flexibility index (Phi) is 8.43. The molecule has 0 fully saturated rings. The number of anilines is 1. The number of hydrogen-bond donors (Lipinski definition) is 2. The molecule has 1 aliphatic heterocycles. The molecule has 10 heteroatoms. The highest BCUT2D eigenvalue weighted by molar-refractivity contribution is 14.1. The maximum absolute atomic E-state index is 11.0. The zero-order chi connectivity index (χ0) is 26.5. The number of nitrogens with zero attached hydrogens (tertiary/aromatic N) is 4. The van der Waals surface area contributed by atoms with Crippen molar-refractivity contribution >= 4 is 68.6 Å². The number of allylic oxidation sites excluding steroid dienone is 1. The number of carbonyl (C=O) groups is 1. The second-order valence-electron chi connectivity index (χ2n) is 8.04. The van der Waals surface area contributed by atoms with Gasteiger partial charge in [0.15, 0.2) is 0 Å². The number of benzene rings is 3. The van der Waals surface area contributed by atoms with E-state index in [0.717, 1.165) is 24.0 Å². The van der Waals surface area contributed by atoms with Crippen molar-refractivity contribution in [3.05, 3.63) is 96.1 Å². The Morgan fingerprint density at radius 3 is 2.32 bits per heavy atom. The van der Waals surface area contributed by atoms with Gasteiger partial charge in [0, 0.05) is 0 Å². The maximum Gasteiger partial charge on any atom is 0.335 e. The second-order valence-corrected chi connectivity index (χ2v) is 10.4. The molecule has 0 saturated heterocycles. The Balaban J connectivity index is 1.58. The fourth-order valence-corrected chi connectivity index (χ4v) is 5.88. The molecule has 0 spiro atoms. The van der Waals surface area contributed by atoms with E-state index in [1.165, 1.54) is 0 Å². The predicted molar refractivity (Wildman–Crippen MR) is 157 cm³/mol. The Labute approximate surface area is 240 Å². The van der Waals surface area contributed by atoms with E-state index in [0.29, 0.717) is 11.5 Å². The summed E-state index contributed by atoms with van der Waals surface area (Å²) in [4.78, 5) is 11.0. The van der Waals surface area contributed by atoms with E-state index in [2.05, 4.69) is 62.4 Å². The quantitative estimate of drug-likeness (QED) is 0.248. The van der Waals surface area contributed by atoms with Crippen LogP contribution in [-0.4, -0.2) is 23.0 Å². The minimum absolute atomic E-state index is 0.218. The van der Waals surface area contributed by atoms with Crippen LogP contribution in [0.25, 0.3) is 6.08 Å². The SMILES string of the molecule is N#C/C(=C/c1cc(I)c(OCc2ccc(C(=O)O)cc2)c(I)c1)C1=NN(c2ccccc2)[C@@H](N)[C@H]1C#N. The van der Waals surface area contributed by atoms with Crippen molar-refractivity contribution < 1.29 is 14.6 Å². The first-order chi connectivity index (χ1) is 17.8. The number of hydrazone groups is 1. The smallest absolute Gasteiger partial charge is 0.335 e. The third-order valence-electron chi connectivity index (χ3n) is 5.61. The Morgan fingerprint density at radius 1 is 1.11 bits per heavy atom. The van der Waals surface area contributed by atoms with Gasteiger partial charge in [-0.1, -0.05) is 30.3 Å². The molecule has 3 aromatic rings. The van der Waals surface area contributed by atoms with Gasteiger partial charge in [-0.3, -0.25) is 0 Å². The molecule has 3 N–H and O–H groups in total. The predicted octanol–water partition coefficient (Wildman–Crippen LogP) is 5.38. The van der Waals surface area contributed by atoms with Crippen molar-refractivity contribution in [1.82, 2.24) is 0 Å². The van der Waals surface area contributed by atoms with Gasteiger partial charge in [-0.05, 0) is 98.8 Å². The molecule has 1 heterocycles. The van der Waals surface area contributed by atoms with Crippen molar-refractivity contribution in [3.8, 4) is 17.9 Å². The topological polar surface area (TPSA) is 136 Å². The summed E-state index contributed by atoms with van der Waals surface area (Å²) < 4.78 is 7.69. The molecule has 37 heavy (non-hydrogen) atoms. The number of rotatable bonds is 7. The van der Waals surface area contributed by atoms with Gasteiger partial charge in [0.25, 0.3) is 0 Å². The molecule has 2 atom stereocenters. The van der Waals surface area contributed by atoms with Crippen LogP contribution >= 0.6 is 45.2 Å². The molecule has 3 aromatic carbocycles. The van der Waals surface area contributed by atoms with E-state index < -0.39 is 18.1 Å². The van der Waals surface area contributed by atoms with Crippen LogP contribution in [0.1, 0.15) is 21.5 Å². The molecular weight excluding hydrogens is 696 g/mol. The van der Waals surface area contributed by atoms with Gasteiger partial charge >= 0.3 is 5.97 Å². The fraction of sp³-hybridized carbons (Fsp3) is 0.111. The molecule has 184 valence electrons. The standard InChI is InChI=1S/C27H19I2N5O3/c28-22-11-17(12-23(29)25(22)37-15-16-6-8-18(9-7-16)27(35)36)10-19(13-30)24-21(14-31)26(32)34(33-24)20-4-2-1-3-5-20/h1-12,21,26H,15,32H2,(H,35,36)/b19-10-/t21-,26+/m0/s1. The van der Waals surface area contributed by atoms with Gasteiger partial charge in [-0.25, -0.2) is 9.80 Å². The summed E-state index contributed by atoms with van der Waals surface area (Å²) in [7, 11) is 0. The Hall–Kier alpha value is -3.46. The zero-order valence-electron chi connectivity index (χ0n) is 19.2. The first kappa shape index (κ1) is 26.6. The molecule has 0 aliphatic carbocycles.